The molecule has 0 saturated heterocycles. The lowest BCUT2D eigenvalue weighted by molar-refractivity contribution is 0.222. The molecule has 1 aliphatic heterocycles. The van der Waals surface area contributed by atoms with Gasteiger partial charge in [-0.3, -0.25) is 4.90 Å². The molecule has 0 saturated carbocycles. The normalized spacial score (nSPS) is 15.7. The van der Waals surface area contributed by atoms with Gasteiger partial charge < -0.3 is 15.0 Å². The number of aromatic nitrogens is 1. The van der Waals surface area contributed by atoms with Gasteiger partial charge in [-0.25, -0.2) is 0 Å². The number of benzene rings is 1. The highest BCUT2D eigenvalue weighted by Gasteiger charge is 2.18. The van der Waals surface area contributed by atoms with Crippen molar-refractivity contribution in [3.63, 3.8) is 0 Å². The molecular weight excluding hydrogens is 238 g/mol. The molecule has 19 heavy (non-hydrogen) atoms. The lowest BCUT2D eigenvalue weighted by Gasteiger charge is -2.28. The maximum Gasteiger partial charge on any atom is 0.120 e. The fraction of sp³-hybridized carbons (Fsp3) is 0.467. The topological polar surface area (TPSA) is 43.4 Å². The number of nitrogens with two attached hydrogens (primary N) is 1. The van der Waals surface area contributed by atoms with Crippen molar-refractivity contribution in [1.29, 1.82) is 0 Å². The summed E-state index contributed by atoms with van der Waals surface area (Å²) in [6.07, 6.45) is 1.08. The van der Waals surface area contributed by atoms with Crippen molar-refractivity contribution in [3.05, 3.63) is 30.0 Å². The Balaban J connectivity index is 1.89. The number of fused-ring (bicyclic) bond motifs is 3. The van der Waals surface area contributed by atoms with Crippen LogP contribution in [0.15, 0.2) is 24.3 Å². The molecule has 0 aliphatic carbocycles. The van der Waals surface area contributed by atoms with Gasteiger partial charge in [0.25, 0.3) is 0 Å². The fourth-order valence-electron chi connectivity index (χ4n) is 2.87. The van der Waals surface area contributed by atoms with Crippen molar-refractivity contribution in [1.82, 2.24) is 9.47 Å². The van der Waals surface area contributed by atoms with Crippen molar-refractivity contribution in [3.8, 4) is 5.75 Å². The quantitative estimate of drug-likeness (QED) is 0.910. The van der Waals surface area contributed by atoms with Gasteiger partial charge in [-0.15, -0.1) is 0 Å². The first-order chi connectivity index (χ1) is 9.31. The molecule has 2 heterocycles. The van der Waals surface area contributed by atoms with E-state index in [9.17, 15) is 0 Å². The molecule has 0 radical (unpaired) electrons. The maximum atomic E-state index is 5.59. The van der Waals surface area contributed by atoms with Crippen LogP contribution < -0.4 is 10.5 Å². The Morgan fingerprint density at radius 1 is 1.26 bits per heavy atom. The molecule has 2 N–H and O–H groups in total. The Morgan fingerprint density at radius 2 is 2.16 bits per heavy atom. The highest BCUT2D eigenvalue weighted by molar-refractivity contribution is 5.83. The largest absolute Gasteiger partial charge is 0.497 e. The molecule has 0 bridgehead atoms. The zero-order valence-electron chi connectivity index (χ0n) is 11.4. The number of hydrogen-bond donors (Lipinski definition) is 1. The van der Waals surface area contributed by atoms with E-state index in [-0.39, 0.29) is 0 Å². The van der Waals surface area contributed by atoms with Crippen LogP contribution in [0, 0.1) is 0 Å². The average molecular weight is 259 g/mol. The van der Waals surface area contributed by atoms with Gasteiger partial charge in [0.05, 0.1) is 12.6 Å². The van der Waals surface area contributed by atoms with Crippen LogP contribution in [0.1, 0.15) is 12.1 Å². The van der Waals surface area contributed by atoms with Crippen molar-refractivity contribution >= 4 is 10.9 Å². The number of nitrogens with zero attached hydrogens (tertiary/aromatic N) is 2. The standard InChI is InChI=1S/C15H21N3O/c1-19-14-4-3-12-9-13-11-17(6-2-5-16)7-8-18(13)15(12)10-14/h3-4,9-10H,2,5-8,11,16H2,1H3. The van der Waals surface area contributed by atoms with Gasteiger partial charge in [0.2, 0.25) is 0 Å². The molecule has 0 fully saturated rings. The zero-order valence-corrected chi connectivity index (χ0v) is 11.4. The highest BCUT2D eigenvalue weighted by atomic mass is 16.5. The van der Waals surface area contributed by atoms with Crippen LogP contribution >= 0.6 is 0 Å². The summed E-state index contributed by atoms with van der Waals surface area (Å²) < 4.78 is 7.73. The molecule has 0 spiro atoms. The summed E-state index contributed by atoms with van der Waals surface area (Å²) in [5.41, 5.74) is 8.27. The molecular formula is C15H21N3O. The summed E-state index contributed by atoms with van der Waals surface area (Å²) in [4.78, 5) is 2.48. The first-order valence-electron chi connectivity index (χ1n) is 6.90. The highest BCUT2D eigenvalue weighted by Crippen LogP contribution is 2.27. The van der Waals surface area contributed by atoms with E-state index in [0.717, 1.165) is 44.9 Å². The summed E-state index contributed by atoms with van der Waals surface area (Å²) in [5, 5.41) is 1.30. The van der Waals surface area contributed by atoms with Crippen LogP contribution in [0.5, 0.6) is 5.75 Å². The predicted octanol–water partition coefficient (Wildman–Crippen LogP) is 1.81. The number of methoxy groups -OCH3 is 1. The van der Waals surface area contributed by atoms with E-state index in [2.05, 4.69) is 27.7 Å². The van der Waals surface area contributed by atoms with Crippen LogP contribution in [0.4, 0.5) is 0 Å². The summed E-state index contributed by atoms with van der Waals surface area (Å²) in [6.45, 7) is 5.06. The predicted molar refractivity (Wildman–Crippen MR) is 77.4 cm³/mol. The van der Waals surface area contributed by atoms with Crippen molar-refractivity contribution in [2.24, 2.45) is 5.73 Å². The molecule has 0 amide bonds. The third-order valence-electron chi connectivity index (χ3n) is 3.90. The Kier molecular flexibility index (Phi) is 3.44. The van der Waals surface area contributed by atoms with Gasteiger partial charge >= 0.3 is 0 Å². The zero-order chi connectivity index (χ0) is 13.2. The van der Waals surface area contributed by atoms with Crippen molar-refractivity contribution in [2.75, 3.05) is 26.7 Å². The van der Waals surface area contributed by atoms with E-state index >= 15 is 0 Å². The Labute approximate surface area is 113 Å². The molecule has 4 heteroatoms. The van der Waals surface area contributed by atoms with Crippen LogP contribution in [-0.4, -0.2) is 36.2 Å². The smallest absolute Gasteiger partial charge is 0.120 e. The third kappa shape index (κ3) is 2.33. The van der Waals surface area contributed by atoms with Crippen LogP contribution in [0.25, 0.3) is 10.9 Å². The summed E-state index contributed by atoms with van der Waals surface area (Å²) in [6, 6.07) is 8.60. The van der Waals surface area contributed by atoms with Gasteiger partial charge in [0.1, 0.15) is 5.75 Å². The van der Waals surface area contributed by atoms with Gasteiger partial charge in [0, 0.05) is 36.8 Å². The van der Waals surface area contributed by atoms with Gasteiger partial charge in [-0.1, -0.05) is 0 Å². The van der Waals surface area contributed by atoms with E-state index in [0.29, 0.717) is 0 Å². The van der Waals surface area contributed by atoms with Crippen molar-refractivity contribution < 1.29 is 4.74 Å². The molecule has 2 aromatic rings. The van der Waals surface area contributed by atoms with E-state index in [1.807, 2.05) is 6.07 Å². The van der Waals surface area contributed by atoms with Crippen molar-refractivity contribution in [2.45, 2.75) is 19.5 Å². The first kappa shape index (κ1) is 12.5. The molecule has 0 unspecified atom stereocenters. The molecule has 1 aromatic carbocycles. The van der Waals surface area contributed by atoms with E-state index < -0.39 is 0 Å². The second-order valence-electron chi connectivity index (χ2n) is 5.13. The third-order valence-corrected chi connectivity index (χ3v) is 3.90. The van der Waals surface area contributed by atoms with Gasteiger partial charge in [0.15, 0.2) is 0 Å². The van der Waals surface area contributed by atoms with Crippen LogP contribution in [-0.2, 0) is 13.1 Å². The van der Waals surface area contributed by atoms with Gasteiger partial charge in [-0.05, 0) is 37.7 Å². The lowest BCUT2D eigenvalue weighted by Crippen LogP contribution is -2.34. The molecule has 0 atom stereocenters. The maximum absolute atomic E-state index is 5.59. The lowest BCUT2D eigenvalue weighted by atomic mass is 10.2. The summed E-state index contributed by atoms with van der Waals surface area (Å²) in [7, 11) is 1.72. The fourth-order valence-corrected chi connectivity index (χ4v) is 2.87. The SMILES string of the molecule is COc1ccc2cc3n(c2c1)CCN(CCCN)C3. The molecule has 3 rings (SSSR count). The van der Waals surface area contributed by atoms with Crippen LogP contribution in [0.3, 0.4) is 0 Å². The number of hydrogen-bond acceptors (Lipinski definition) is 3. The molecule has 1 aliphatic rings. The molecule has 1 aromatic heterocycles. The van der Waals surface area contributed by atoms with E-state index in [1.54, 1.807) is 7.11 Å². The second kappa shape index (κ2) is 5.23. The minimum absolute atomic E-state index is 0.774. The van der Waals surface area contributed by atoms with E-state index in [4.69, 9.17) is 10.5 Å². The monoisotopic (exact) mass is 259 g/mol. The van der Waals surface area contributed by atoms with Gasteiger partial charge in [-0.2, -0.15) is 0 Å². The minimum atomic E-state index is 0.774. The Hall–Kier alpha value is -1.52. The second-order valence-corrected chi connectivity index (χ2v) is 5.13. The summed E-state index contributed by atoms with van der Waals surface area (Å²) >= 11 is 0. The summed E-state index contributed by atoms with van der Waals surface area (Å²) in [5.74, 6) is 0.930. The Morgan fingerprint density at radius 3 is 2.95 bits per heavy atom. The Bertz CT molecular complexity index is 576. The number of rotatable bonds is 4. The molecule has 102 valence electrons. The number of ether oxygens (including phenoxy) is 1. The average Bonchev–Trinajstić information content (AvgIpc) is 2.81. The minimum Gasteiger partial charge on any atom is -0.497 e. The molecule has 4 nitrogen and oxygen atoms in total. The van der Waals surface area contributed by atoms with E-state index in [1.165, 1.54) is 16.6 Å². The first-order valence-corrected chi connectivity index (χ1v) is 6.90. The van der Waals surface area contributed by atoms with Crippen LogP contribution in [0.2, 0.25) is 0 Å².